The van der Waals surface area contributed by atoms with Crippen molar-refractivity contribution in [3.05, 3.63) is 32.4 Å². The fourth-order valence-corrected chi connectivity index (χ4v) is 0.462. The van der Waals surface area contributed by atoms with Gasteiger partial charge in [0.15, 0.2) is 0 Å². The van der Waals surface area contributed by atoms with Gasteiger partial charge in [0.25, 0.3) is 0 Å². The molecular weight excluding hydrogens is 164 g/mol. The van der Waals surface area contributed by atoms with Crippen molar-refractivity contribution < 1.29 is 9.85 Å². The standard InChI is InChI=1S/C6H10N2O4/c1-5(7(9)10)3-4-6(2)8(11)12/h3-6H,1-2H3/b4-3+. The average Bonchev–Trinajstić information content (AvgIpc) is 1.98. The highest BCUT2D eigenvalue weighted by molar-refractivity contribution is 4.90. The Hall–Kier alpha value is -1.46. The largest absolute Gasteiger partial charge is 0.264 e. The van der Waals surface area contributed by atoms with Crippen molar-refractivity contribution in [2.24, 2.45) is 0 Å². The third-order valence-corrected chi connectivity index (χ3v) is 1.33. The van der Waals surface area contributed by atoms with E-state index in [1.807, 2.05) is 0 Å². The lowest BCUT2D eigenvalue weighted by molar-refractivity contribution is -0.510. The van der Waals surface area contributed by atoms with Crippen LogP contribution in [0.2, 0.25) is 0 Å². The molecule has 0 bridgehead atoms. The van der Waals surface area contributed by atoms with Gasteiger partial charge in [-0.25, -0.2) is 0 Å². The summed E-state index contributed by atoms with van der Waals surface area (Å²) in [6.07, 6.45) is 2.43. The molecule has 0 amide bonds. The summed E-state index contributed by atoms with van der Waals surface area (Å²) in [4.78, 5) is 19.1. The van der Waals surface area contributed by atoms with E-state index in [0.29, 0.717) is 0 Å². The number of hydrogen-bond acceptors (Lipinski definition) is 4. The summed E-state index contributed by atoms with van der Waals surface area (Å²) in [5, 5.41) is 20.1. The van der Waals surface area contributed by atoms with Gasteiger partial charge < -0.3 is 0 Å². The van der Waals surface area contributed by atoms with Crippen LogP contribution in [0.1, 0.15) is 13.8 Å². The predicted octanol–water partition coefficient (Wildman–Crippen LogP) is 0.873. The maximum absolute atomic E-state index is 10.1. The summed E-state index contributed by atoms with van der Waals surface area (Å²) in [5.74, 6) is 0. The molecule has 12 heavy (non-hydrogen) atoms. The molecule has 6 heteroatoms. The minimum Gasteiger partial charge on any atom is -0.264 e. The fraction of sp³-hybridized carbons (Fsp3) is 0.667. The van der Waals surface area contributed by atoms with E-state index in [1.165, 1.54) is 26.0 Å². The molecule has 0 N–H and O–H groups in total. The summed E-state index contributed by atoms with van der Waals surface area (Å²) in [6.45, 7) is 2.73. The van der Waals surface area contributed by atoms with Gasteiger partial charge in [-0.15, -0.1) is 0 Å². The Morgan fingerprint density at radius 1 is 1.00 bits per heavy atom. The predicted molar refractivity (Wildman–Crippen MR) is 42.1 cm³/mol. The highest BCUT2D eigenvalue weighted by atomic mass is 16.6. The highest BCUT2D eigenvalue weighted by Crippen LogP contribution is 1.95. The summed E-state index contributed by atoms with van der Waals surface area (Å²) in [7, 11) is 0. The van der Waals surface area contributed by atoms with E-state index in [2.05, 4.69) is 0 Å². The van der Waals surface area contributed by atoms with Crippen LogP contribution in [0.5, 0.6) is 0 Å². The molecule has 0 aromatic carbocycles. The summed E-state index contributed by atoms with van der Waals surface area (Å²) >= 11 is 0. The van der Waals surface area contributed by atoms with Crippen LogP contribution in [0, 0.1) is 20.2 Å². The van der Waals surface area contributed by atoms with E-state index in [1.54, 1.807) is 0 Å². The van der Waals surface area contributed by atoms with Crippen molar-refractivity contribution >= 4 is 0 Å². The molecule has 0 aromatic heterocycles. The molecule has 0 saturated carbocycles. The van der Waals surface area contributed by atoms with E-state index in [0.717, 1.165) is 0 Å². The lowest BCUT2D eigenvalue weighted by Gasteiger charge is -1.97. The molecular formula is C6H10N2O4. The quantitative estimate of drug-likeness (QED) is 0.359. The Bertz CT molecular complexity index is 192. The monoisotopic (exact) mass is 174 g/mol. The fourth-order valence-electron chi connectivity index (χ4n) is 0.462. The Balaban J connectivity index is 4.06. The minimum atomic E-state index is -0.868. The smallest absolute Gasteiger partial charge is 0.228 e. The van der Waals surface area contributed by atoms with Crippen LogP contribution < -0.4 is 0 Å². The van der Waals surface area contributed by atoms with Gasteiger partial charge >= 0.3 is 0 Å². The van der Waals surface area contributed by atoms with Gasteiger partial charge in [0.1, 0.15) is 0 Å². The molecule has 0 spiro atoms. The third-order valence-electron chi connectivity index (χ3n) is 1.33. The molecule has 0 aromatic rings. The SMILES string of the molecule is CC(/C=C/C(C)[N+](=O)[O-])[N+](=O)[O-]. The Morgan fingerprint density at radius 3 is 1.42 bits per heavy atom. The van der Waals surface area contributed by atoms with E-state index in [9.17, 15) is 20.2 Å². The first-order valence-corrected chi connectivity index (χ1v) is 3.40. The minimum absolute atomic E-state index is 0.511. The molecule has 0 rings (SSSR count). The van der Waals surface area contributed by atoms with Crippen molar-refractivity contribution in [2.75, 3.05) is 0 Å². The lowest BCUT2D eigenvalue weighted by atomic mass is 10.2. The van der Waals surface area contributed by atoms with Gasteiger partial charge in [-0.05, 0) is 12.2 Å². The summed E-state index contributed by atoms with van der Waals surface area (Å²) in [5.41, 5.74) is 0. The second kappa shape index (κ2) is 4.42. The summed E-state index contributed by atoms with van der Waals surface area (Å²) < 4.78 is 0. The van der Waals surface area contributed by atoms with Gasteiger partial charge in [-0.3, -0.25) is 20.2 Å². The van der Waals surface area contributed by atoms with Gasteiger partial charge in [-0.1, -0.05) is 0 Å². The zero-order valence-corrected chi connectivity index (χ0v) is 6.84. The molecule has 0 aliphatic rings. The normalized spacial score (nSPS) is 15.8. The van der Waals surface area contributed by atoms with Crippen LogP contribution in [0.25, 0.3) is 0 Å². The van der Waals surface area contributed by atoms with Gasteiger partial charge in [-0.2, -0.15) is 0 Å². The first-order chi connectivity index (χ1) is 5.45. The molecule has 2 unspecified atom stereocenters. The van der Waals surface area contributed by atoms with Crippen LogP contribution in [0.4, 0.5) is 0 Å². The second-order valence-corrected chi connectivity index (χ2v) is 2.44. The molecule has 0 aliphatic carbocycles. The summed E-state index contributed by atoms with van der Waals surface area (Å²) in [6, 6.07) is -1.74. The van der Waals surface area contributed by atoms with E-state index in [-0.39, 0.29) is 0 Å². The third kappa shape index (κ3) is 3.65. The number of nitro groups is 2. The van der Waals surface area contributed by atoms with Crippen molar-refractivity contribution in [1.82, 2.24) is 0 Å². The second-order valence-electron chi connectivity index (χ2n) is 2.44. The molecule has 68 valence electrons. The van der Waals surface area contributed by atoms with Crippen LogP contribution in [0.15, 0.2) is 12.2 Å². The zero-order valence-electron chi connectivity index (χ0n) is 6.84. The molecule has 0 radical (unpaired) electrons. The first kappa shape index (κ1) is 10.5. The maximum Gasteiger partial charge on any atom is 0.228 e. The van der Waals surface area contributed by atoms with Crippen LogP contribution in [-0.4, -0.2) is 21.9 Å². The number of nitrogens with zero attached hydrogens (tertiary/aromatic N) is 2. The van der Waals surface area contributed by atoms with Crippen LogP contribution in [0.3, 0.4) is 0 Å². The Morgan fingerprint density at radius 2 is 1.25 bits per heavy atom. The number of rotatable bonds is 4. The van der Waals surface area contributed by atoms with Gasteiger partial charge in [0.05, 0.1) is 0 Å². The Kier molecular flexibility index (Phi) is 3.89. The van der Waals surface area contributed by atoms with Crippen LogP contribution >= 0.6 is 0 Å². The zero-order chi connectivity index (χ0) is 9.72. The van der Waals surface area contributed by atoms with Crippen molar-refractivity contribution in [3.8, 4) is 0 Å². The Labute approximate surface area is 69.2 Å². The topological polar surface area (TPSA) is 86.3 Å². The van der Waals surface area contributed by atoms with Crippen molar-refractivity contribution in [3.63, 3.8) is 0 Å². The molecule has 0 fully saturated rings. The van der Waals surface area contributed by atoms with Gasteiger partial charge in [0.2, 0.25) is 12.1 Å². The maximum atomic E-state index is 10.1. The molecule has 0 heterocycles. The van der Waals surface area contributed by atoms with Gasteiger partial charge in [0, 0.05) is 23.7 Å². The highest BCUT2D eigenvalue weighted by Gasteiger charge is 2.11. The molecule has 0 saturated heterocycles. The molecule has 0 aliphatic heterocycles. The molecule has 2 atom stereocenters. The molecule has 6 nitrogen and oxygen atoms in total. The average molecular weight is 174 g/mol. The van der Waals surface area contributed by atoms with E-state index in [4.69, 9.17) is 0 Å². The van der Waals surface area contributed by atoms with E-state index < -0.39 is 21.9 Å². The van der Waals surface area contributed by atoms with Crippen molar-refractivity contribution in [2.45, 2.75) is 25.9 Å². The van der Waals surface area contributed by atoms with Crippen molar-refractivity contribution in [1.29, 1.82) is 0 Å². The number of hydrogen-bond donors (Lipinski definition) is 0. The first-order valence-electron chi connectivity index (χ1n) is 3.40. The van der Waals surface area contributed by atoms with Crippen LogP contribution in [-0.2, 0) is 0 Å². The van der Waals surface area contributed by atoms with E-state index >= 15 is 0 Å². The lowest BCUT2D eigenvalue weighted by Crippen LogP contribution is -2.15.